The van der Waals surface area contributed by atoms with Crippen molar-refractivity contribution in [2.75, 3.05) is 4.31 Å². The molecule has 0 radical (unpaired) electrons. The molecule has 0 amide bonds. The summed E-state index contributed by atoms with van der Waals surface area (Å²) in [5.74, 6) is -3.63. The third-order valence-corrected chi connectivity index (χ3v) is 7.25. The number of hydrogen-bond acceptors (Lipinski definition) is 5. The van der Waals surface area contributed by atoms with Crippen LogP contribution in [0.1, 0.15) is 21.5 Å². The molecule has 0 aliphatic heterocycles. The number of hydrogen-bond donors (Lipinski definition) is 1. The first-order valence-electron chi connectivity index (χ1n) is 10.6. The lowest BCUT2D eigenvalue weighted by Crippen LogP contribution is -2.32. The number of fused-ring (bicyclic) bond motifs is 1. The molecule has 1 aromatic heterocycles. The van der Waals surface area contributed by atoms with E-state index in [1.165, 1.54) is 6.20 Å². The van der Waals surface area contributed by atoms with Crippen LogP contribution in [0.4, 0.5) is 23.4 Å². The number of rotatable bonds is 7. The SMILES string of the molecule is Cc1c(N(Cc2ccc(OC(F)(F)F)c(F)c2)S(=O)(=O)c2ccc(C(=O)O)cc2)ncc2ccccc12. The van der Waals surface area contributed by atoms with E-state index in [2.05, 4.69) is 9.72 Å². The molecular formula is C25H18F4N2O5S. The van der Waals surface area contributed by atoms with E-state index >= 15 is 0 Å². The maximum absolute atomic E-state index is 14.4. The van der Waals surface area contributed by atoms with Gasteiger partial charge in [-0.2, -0.15) is 0 Å². The summed E-state index contributed by atoms with van der Waals surface area (Å²) in [6, 6.07) is 14.2. The molecule has 3 aromatic carbocycles. The zero-order valence-corrected chi connectivity index (χ0v) is 19.8. The predicted molar refractivity (Wildman–Crippen MR) is 126 cm³/mol. The highest BCUT2D eigenvalue weighted by atomic mass is 32.2. The molecule has 12 heteroatoms. The van der Waals surface area contributed by atoms with Gasteiger partial charge in [-0.3, -0.25) is 0 Å². The molecule has 7 nitrogen and oxygen atoms in total. The van der Waals surface area contributed by atoms with Crippen molar-refractivity contribution in [2.24, 2.45) is 0 Å². The number of aromatic carboxylic acids is 1. The fourth-order valence-corrected chi connectivity index (χ4v) is 5.20. The van der Waals surface area contributed by atoms with Gasteiger partial charge in [0.05, 0.1) is 17.0 Å². The highest BCUT2D eigenvalue weighted by Crippen LogP contribution is 2.32. The van der Waals surface area contributed by atoms with E-state index in [1.54, 1.807) is 31.2 Å². The first kappa shape index (κ1) is 25.9. The number of anilines is 1. The minimum Gasteiger partial charge on any atom is -0.478 e. The Bertz CT molecular complexity index is 1590. The Balaban J connectivity index is 1.82. The largest absolute Gasteiger partial charge is 0.573 e. The van der Waals surface area contributed by atoms with Crippen molar-refractivity contribution < 1.29 is 40.6 Å². The van der Waals surface area contributed by atoms with Gasteiger partial charge in [0.1, 0.15) is 5.82 Å². The van der Waals surface area contributed by atoms with Crippen molar-refractivity contribution in [1.29, 1.82) is 0 Å². The molecule has 1 N–H and O–H groups in total. The Morgan fingerprint density at radius 1 is 1.05 bits per heavy atom. The molecule has 0 saturated carbocycles. The lowest BCUT2D eigenvalue weighted by molar-refractivity contribution is -0.275. The zero-order valence-electron chi connectivity index (χ0n) is 19.0. The number of aromatic nitrogens is 1. The van der Waals surface area contributed by atoms with E-state index in [-0.39, 0.29) is 21.8 Å². The minimum absolute atomic E-state index is 0.0111. The fraction of sp³-hybridized carbons (Fsp3) is 0.120. The molecule has 37 heavy (non-hydrogen) atoms. The Morgan fingerprint density at radius 2 is 1.73 bits per heavy atom. The molecule has 0 spiro atoms. The molecule has 1 heterocycles. The van der Waals surface area contributed by atoms with Crippen LogP contribution in [0.15, 0.2) is 77.8 Å². The number of carbonyl (C=O) groups is 1. The molecule has 0 atom stereocenters. The number of carboxylic acid groups (broad SMARTS) is 1. The van der Waals surface area contributed by atoms with Gasteiger partial charge in [-0.15, -0.1) is 13.2 Å². The summed E-state index contributed by atoms with van der Waals surface area (Å²) in [5, 5.41) is 10.6. The summed E-state index contributed by atoms with van der Waals surface area (Å²) >= 11 is 0. The van der Waals surface area contributed by atoms with Crippen molar-refractivity contribution >= 4 is 32.6 Å². The van der Waals surface area contributed by atoms with E-state index < -0.39 is 40.5 Å². The number of ether oxygens (including phenoxy) is 1. The number of nitrogens with zero attached hydrogens (tertiary/aromatic N) is 2. The maximum Gasteiger partial charge on any atom is 0.573 e. The third kappa shape index (κ3) is 5.48. The van der Waals surface area contributed by atoms with Gasteiger partial charge in [0, 0.05) is 17.1 Å². The number of halogens is 4. The molecule has 0 aliphatic carbocycles. The van der Waals surface area contributed by atoms with E-state index in [0.717, 1.165) is 52.2 Å². The predicted octanol–water partition coefficient (Wildman–Crippen LogP) is 5.67. The van der Waals surface area contributed by atoms with Gasteiger partial charge in [0.2, 0.25) is 0 Å². The summed E-state index contributed by atoms with van der Waals surface area (Å²) < 4.78 is 83.9. The van der Waals surface area contributed by atoms with Crippen molar-refractivity contribution in [2.45, 2.75) is 24.7 Å². The minimum atomic E-state index is -5.11. The molecule has 4 rings (SSSR count). The van der Waals surface area contributed by atoms with E-state index in [1.807, 2.05) is 0 Å². The van der Waals surface area contributed by atoms with Crippen molar-refractivity contribution in [3.63, 3.8) is 0 Å². The highest BCUT2D eigenvalue weighted by molar-refractivity contribution is 7.92. The van der Waals surface area contributed by atoms with Crippen LogP contribution in [-0.2, 0) is 16.6 Å². The Kier molecular flexibility index (Phi) is 6.78. The van der Waals surface area contributed by atoms with Crippen molar-refractivity contribution in [3.05, 3.63) is 95.4 Å². The van der Waals surface area contributed by atoms with Crippen LogP contribution >= 0.6 is 0 Å². The number of carboxylic acids is 1. The lowest BCUT2D eigenvalue weighted by Gasteiger charge is -2.26. The van der Waals surface area contributed by atoms with Gasteiger partial charge in [0.15, 0.2) is 11.6 Å². The second-order valence-corrected chi connectivity index (χ2v) is 9.81. The molecular weight excluding hydrogens is 516 g/mol. The molecule has 0 unspecified atom stereocenters. The molecule has 192 valence electrons. The van der Waals surface area contributed by atoms with Crippen molar-refractivity contribution in [3.8, 4) is 5.75 Å². The van der Waals surface area contributed by atoms with E-state index in [9.17, 15) is 30.8 Å². The van der Waals surface area contributed by atoms with Gasteiger partial charge in [-0.05, 0) is 54.3 Å². The van der Waals surface area contributed by atoms with Crippen LogP contribution in [0.25, 0.3) is 10.8 Å². The van der Waals surface area contributed by atoms with Crippen LogP contribution in [-0.4, -0.2) is 30.8 Å². The average Bonchev–Trinajstić information content (AvgIpc) is 2.84. The van der Waals surface area contributed by atoms with Crippen LogP contribution in [0.3, 0.4) is 0 Å². The second-order valence-electron chi connectivity index (χ2n) is 7.95. The van der Waals surface area contributed by atoms with E-state index in [4.69, 9.17) is 5.11 Å². The third-order valence-electron chi connectivity index (χ3n) is 5.50. The van der Waals surface area contributed by atoms with Gasteiger partial charge in [-0.25, -0.2) is 26.9 Å². The zero-order chi connectivity index (χ0) is 27.0. The number of aryl methyl sites for hydroxylation is 1. The summed E-state index contributed by atoms with van der Waals surface area (Å²) in [6.07, 6.45) is -3.64. The highest BCUT2D eigenvalue weighted by Gasteiger charge is 2.33. The monoisotopic (exact) mass is 534 g/mol. The quantitative estimate of drug-likeness (QED) is 0.307. The van der Waals surface area contributed by atoms with Gasteiger partial charge < -0.3 is 9.84 Å². The van der Waals surface area contributed by atoms with Crippen LogP contribution in [0.2, 0.25) is 0 Å². The number of sulfonamides is 1. The topological polar surface area (TPSA) is 96.8 Å². The first-order valence-corrected chi connectivity index (χ1v) is 12.1. The van der Waals surface area contributed by atoms with Crippen LogP contribution in [0, 0.1) is 12.7 Å². The standard InChI is InChI=1S/C25H18F4N2O5S/c1-15-20-5-3-2-4-18(20)13-30-23(15)31(37(34,35)19-9-7-17(8-10-19)24(32)33)14-16-6-11-22(21(26)12-16)36-25(27,28)29/h2-13H,14H2,1H3,(H,32,33). The smallest absolute Gasteiger partial charge is 0.478 e. The Labute approximate surface area is 208 Å². The fourth-order valence-electron chi connectivity index (χ4n) is 3.74. The summed E-state index contributed by atoms with van der Waals surface area (Å²) in [5.41, 5.74) is 0.376. The maximum atomic E-state index is 14.4. The van der Waals surface area contributed by atoms with Crippen LogP contribution in [0.5, 0.6) is 5.75 Å². The molecule has 0 fully saturated rings. The van der Waals surface area contributed by atoms with Gasteiger partial charge in [0.25, 0.3) is 10.0 Å². The van der Waals surface area contributed by atoms with Crippen molar-refractivity contribution in [1.82, 2.24) is 4.98 Å². The van der Waals surface area contributed by atoms with Gasteiger partial charge >= 0.3 is 12.3 Å². The van der Waals surface area contributed by atoms with Crippen LogP contribution < -0.4 is 9.04 Å². The Hall–Kier alpha value is -4.19. The summed E-state index contributed by atoms with van der Waals surface area (Å²) in [4.78, 5) is 15.2. The first-order chi connectivity index (χ1) is 17.4. The normalized spacial score (nSPS) is 11.9. The molecule has 0 aliphatic rings. The molecule has 0 saturated heterocycles. The molecule has 4 aromatic rings. The van der Waals surface area contributed by atoms with Gasteiger partial charge in [-0.1, -0.05) is 30.3 Å². The van der Waals surface area contributed by atoms with E-state index in [0.29, 0.717) is 10.9 Å². The molecule has 0 bridgehead atoms. The second kappa shape index (κ2) is 9.69. The summed E-state index contributed by atoms with van der Waals surface area (Å²) in [7, 11) is -4.39. The summed E-state index contributed by atoms with van der Waals surface area (Å²) in [6.45, 7) is 1.17. The Morgan fingerprint density at radius 3 is 2.35 bits per heavy atom. The number of alkyl halides is 3. The number of benzene rings is 3. The number of pyridine rings is 1. The lowest BCUT2D eigenvalue weighted by atomic mass is 10.1. The average molecular weight is 534 g/mol.